The number of ether oxygens (including phenoxy) is 3. The SMILES string of the molecule is CCOc1cc(C(=O)N2CCC(c3ccccc3OC)C2)ccc1OCC(=O)O. The number of aliphatic carboxylic acids is 1. The first kappa shape index (κ1) is 20.5. The summed E-state index contributed by atoms with van der Waals surface area (Å²) in [4.78, 5) is 25.6. The number of para-hydroxylation sites is 1. The topological polar surface area (TPSA) is 85.3 Å². The monoisotopic (exact) mass is 399 g/mol. The van der Waals surface area contributed by atoms with Gasteiger partial charge in [0.15, 0.2) is 18.1 Å². The lowest BCUT2D eigenvalue weighted by Gasteiger charge is -2.19. The highest BCUT2D eigenvalue weighted by Gasteiger charge is 2.30. The van der Waals surface area contributed by atoms with Gasteiger partial charge in [0.25, 0.3) is 5.91 Å². The first-order chi connectivity index (χ1) is 14.0. The van der Waals surface area contributed by atoms with Gasteiger partial charge in [-0.05, 0) is 43.2 Å². The summed E-state index contributed by atoms with van der Waals surface area (Å²) in [5, 5.41) is 8.80. The number of likely N-dealkylation sites (tertiary alicyclic amines) is 1. The van der Waals surface area contributed by atoms with E-state index in [1.54, 1.807) is 25.3 Å². The number of amides is 1. The lowest BCUT2D eigenvalue weighted by molar-refractivity contribution is -0.139. The normalized spacial score (nSPS) is 15.8. The van der Waals surface area contributed by atoms with Crippen LogP contribution in [0.25, 0.3) is 0 Å². The van der Waals surface area contributed by atoms with Gasteiger partial charge >= 0.3 is 5.97 Å². The molecule has 2 aromatic carbocycles. The molecule has 7 nitrogen and oxygen atoms in total. The number of carbonyl (C=O) groups is 2. The number of carbonyl (C=O) groups excluding carboxylic acids is 1. The number of hydrogen-bond donors (Lipinski definition) is 1. The van der Waals surface area contributed by atoms with Crippen molar-refractivity contribution >= 4 is 11.9 Å². The first-order valence-electron chi connectivity index (χ1n) is 9.57. The largest absolute Gasteiger partial charge is 0.496 e. The molecule has 0 aliphatic carbocycles. The van der Waals surface area contributed by atoms with Crippen LogP contribution in [0.4, 0.5) is 0 Å². The van der Waals surface area contributed by atoms with Crippen LogP contribution in [-0.2, 0) is 4.79 Å². The van der Waals surface area contributed by atoms with Crippen LogP contribution in [0.5, 0.6) is 17.2 Å². The average Bonchev–Trinajstić information content (AvgIpc) is 3.22. The maximum atomic E-state index is 13.0. The summed E-state index contributed by atoms with van der Waals surface area (Å²) in [5.74, 6) is 0.560. The summed E-state index contributed by atoms with van der Waals surface area (Å²) < 4.78 is 16.2. The van der Waals surface area contributed by atoms with Crippen molar-refractivity contribution in [3.63, 3.8) is 0 Å². The molecule has 7 heteroatoms. The van der Waals surface area contributed by atoms with Crippen LogP contribution in [0.15, 0.2) is 42.5 Å². The lowest BCUT2D eigenvalue weighted by atomic mass is 9.97. The zero-order chi connectivity index (χ0) is 20.8. The molecule has 0 bridgehead atoms. The van der Waals surface area contributed by atoms with E-state index in [0.29, 0.717) is 36.8 Å². The highest BCUT2D eigenvalue weighted by atomic mass is 16.5. The first-order valence-corrected chi connectivity index (χ1v) is 9.57. The van der Waals surface area contributed by atoms with Gasteiger partial charge in [0.05, 0.1) is 13.7 Å². The maximum Gasteiger partial charge on any atom is 0.341 e. The zero-order valence-electron chi connectivity index (χ0n) is 16.6. The summed E-state index contributed by atoms with van der Waals surface area (Å²) in [5.41, 5.74) is 1.59. The van der Waals surface area contributed by atoms with Gasteiger partial charge in [-0.15, -0.1) is 0 Å². The molecule has 1 unspecified atom stereocenters. The standard InChI is InChI=1S/C22H25NO6/c1-3-28-20-12-15(8-9-19(20)29-14-21(24)25)22(26)23-11-10-16(13-23)17-6-4-5-7-18(17)27-2/h4-9,12,16H,3,10-11,13-14H2,1-2H3,(H,24,25). The molecule has 1 heterocycles. The highest BCUT2D eigenvalue weighted by Crippen LogP contribution is 2.35. The molecule has 3 rings (SSSR count). The molecule has 0 spiro atoms. The van der Waals surface area contributed by atoms with Crippen LogP contribution in [0.3, 0.4) is 0 Å². The van der Waals surface area contributed by atoms with Gasteiger partial charge in [-0.25, -0.2) is 4.79 Å². The fourth-order valence-electron chi connectivity index (χ4n) is 3.55. The van der Waals surface area contributed by atoms with Gasteiger partial charge < -0.3 is 24.2 Å². The highest BCUT2D eigenvalue weighted by molar-refractivity contribution is 5.95. The number of benzene rings is 2. The number of nitrogens with zero attached hydrogens (tertiary/aromatic N) is 1. The van der Waals surface area contributed by atoms with Gasteiger partial charge in [-0.2, -0.15) is 0 Å². The van der Waals surface area contributed by atoms with Crippen LogP contribution >= 0.6 is 0 Å². The third kappa shape index (κ3) is 4.80. The Hall–Kier alpha value is -3.22. The molecule has 1 saturated heterocycles. The minimum absolute atomic E-state index is 0.0897. The fraction of sp³-hybridized carbons (Fsp3) is 0.364. The second-order valence-electron chi connectivity index (χ2n) is 6.76. The molecule has 1 amide bonds. The van der Waals surface area contributed by atoms with Crippen molar-refractivity contribution in [2.24, 2.45) is 0 Å². The Morgan fingerprint density at radius 3 is 2.62 bits per heavy atom. The predicted molar refractivity (Wildman–Crippen MR) is 107 cm³/mol. The molecule has 1 atom stereocenters. The summed E-state index contributed by atoms with van der Waals surface area (Å²) in [6, 6.07) is 12.7. The molecule has 2 aromatic rings. The van der Waals surface area contributed by atoms with Crippen LogP contribution in [-0.4, -0.2) is 55.3 Å². The Kier molecular flexibility index (Phi) is 6.59. The molecule has 29 heavy (non-hydrogen) atoms. The van der Waals surface area contributed by atoms with Crippen LogP contribution in [0.1, 0.15) is 35.2 Å². The van der Waals surface area contributed by atoms with Crippen molar-refractivity contribution in [2.45, 2.75) is 19.3 Å². The molecule has 154 valence electrons. The van der Waals surface area contributed by atoms with Crippen molar-refractivity contribution < 1.29 is 28.9 Å². The van der Waals surface area contributed by atoms with E-state index in [-0.39, 0.29) is 11.8 Å². The molecule has 0 aromatic heterocycles. The molecular formula is C22H25NO6. The zero-order valence-corrected chi connectivity index (χ0v) is 16.6. The van der Waals surface area contributed by atoms with E-state index >= 15 is 0 Å². The smallest absolute Gasteiger partial charge is 0.341 e. The Bertz CT molecular complexity index is 881. The molecule has 1 aliphatic rings. The Morgan fingerprint density at radius 2 is 1.90 bits per heavy atom. The van der Waals surface area contributed by atoms with Crippen molar-refractivity contribution in [3.8, 4) is 17.2 Å². The van der Waals surface area contributed by atoms with Crippen molar-refractivity contribution in [3.05, 3.63) is 53.6 Å². The number of methoxy groups -OCH3 is 1. The van der Waals surface area contributed by atoms with E-state index in [4.69, 9.17) is 19.3 Å². The third-order valence-corrected chi connectivity index (χ3v) is 4.90. The molecule has 1 N–H and O–H groups in total. The van der Waals surface area contributed by atoms with E-state index < -0.39 is 12.6 Å². The molecule has 0 saturated carbocycles. The summed E-state index contributed by atoms with van der Waals surface area (Å²) >= 11 is 0. The predicted octanol–water partition coefficient (Wildman–Crippen LogP) is 3.19. The van der Waals surface area contributed by atoms with Crippen molar-refractivity contribution in [1.29, 1.82) is 0 Å². The third-order valence-electron chi connectivity index (χ3n) is 4.90. The molecule has 1 aliphatic heterocycles. The van der Waals surface area contributed by atoms with Crippen LogP contribution in [0, 0.1) is 0 Å². The maximum absolute atomic E-state index is 13.0. The number of carboxylic acid groups (broad SMARTS) is 1. The fourth-order valence-corrected chi connectivity index (χ4v) is 3.55. The molecule has 0 radical (unpaired) electrons. The second kappa shape index (κ2) is 9.32. The Balaban J connectivity index is 1.74. The minimum Gasteiger partial charge on any atom is -0.496 e. The number of carboxylic acids is 1. The molecule has 1 fully saturated rings. The summed E-state index contributed by atoms with van der Waals surface area (Å²) in [6.45, 7) is 2.98. The van der Waals surface area contributed by atoms with E-state index in [1.807, 2.05) is 36.1 Å². The van der Waals surface area contributed by atoms with Gasteiger partial charge in [-0.3, -0.25) is 4.79 Å². The van der Waals surface area contributed by atoms with Crippen molar-refractivity contribution in [2.75, 3.05) is 33.4 Å². The van der Waals surface area contributed by atoms with Gasteiger partial charge in [0.2, 0.25) is 0 Å². The minimum atomic E-state index is -1.08. The summed E-state index contributed by atoms with van der Waals surface area (Å²) in [7, 11) is 1.65. The van der Waals surface area contributed by atoms with Gasteiger partial charge in [-0.1, -0.05) is 18.2 Å². The second-order valence-corrected chi connectivity index (χ2v) is 6.76. The Labute approximate surface area is 169 Å². The quantitative estimate of drug-likeness (QED) is 0.734. The van der Waals surface area contributed by atoms with E-state index in [1.165, 1.54) is 0 Å². The van der Waals surface area contributed by atoms with Crippen LogP contribution in [0.2, 0.25) is 0 Å². The number of rotatable bonds is 8. The van der Waals surface area contributed by atoms with Crippen LogP contribution < -0.4 is 14.2 Å². The van der Waals surface area contributed by atoms with Gasteiger partial charge in [0.1, 0.15) is 5.75 Å². The Morgan fingerprint density at radius 1 is 1.10 bits per heavy atom. The van der Waals surface area contributed by atoms with Crippen molar-refractivity contribution in [1.82, 2.24) is 4.90 Å². The molecular weight excluding hydrogens is 374 g/mol. The van der Waals surface area contributed by atoms with E-state index in [2.05, 4.69) is 0 Å². The number of hydrogen-bond acceptors (Lipinski definition) is 5. The average molecular weight is 399 g/mol. The lowest BCUT2D eigenvalue weighted by Crippen LogP contribution is -2.28. The van der Waals surface area contributed by atoms with E-state index in [9.17, 15) is 9.59 Å². The van der Waals surface area contributed by atoms with Gasteiger partial charge in [0, 0.05) is 24.6 Å². The van der Waals surface area contributed by atoms with E-state index in [0.717, 1.165) is 17.7 Å². The summed E-state index contributed by atoms with van der Waals surface area (Å²) in [6.07, 6.45) is 0.865.